The minimum absolute atomic E-state index is 0.131. The molecule has 5 heteroatoms. The molecule has 27 heavy (non-hydrogen) atoms. The molecule has 1 amide bonds. The van der Waals surface area contributed by atoms with Gasteiger partial charge in [0.2, 0.25) is 0 Å². The Kier molecular flexibility index (Phi) is 5.39. The molecule has 142 valence electrons. The maximum Gasteiger partial charge on any atom is 0.298 e. The SMILES string of the molecule is O=C(C(=O)N1C[C@H]2CC[C@@H]1CN(CCCc1ccccc1)C2)c1ccco1. The van der Waals surface area contributed by atoms with Crippen LogP contribution in [-0.2, 0) is 11.2 Å². The number of fused-ring (bicyclic) bond motifs is 4. The van der Waals surface area contributed by atoms with E-state index in [1.807, 2.05) is 6.07 Å². The molecule has 5 nitrogen and oxygen atoms in total. The first-order valence-corrected chi connectivity index (χ1v) is 9.86. The smallest absolute Gasteiger partial charge is 0.298 e. The molecule has 3 aliphatic heterocycles. The average Bonchev–Trinajstić information content (AvgIpc) is 3.09. The van der Waals surface area contributed by atoms with Crippen molar-refractivity contribution in [3.8, 4) is 0 Å². The number of carbonyl (C=O) groups is 2. The van der Waals surface area contributed by atoms with Gasteiger partial charge in [-0.1, -0.05) is 30.3 Å². The zero-order valence-electron chi connectivity index (χ0n) is 15.5. The van der Waals surface area contributed by atoms with Gasteiger partial charge in [-0.2, -0.15) is 0 Å². The van der Waals surface area contributed by atoms with E-state index in [2.05, 4.69) is 29.2 Å². The molecular formula is C22H26N2O3. The predicted octanol–water partition coefficient (Wildman–Crippen LogP) is 3.02. The minimum atomic E-state index is -0.525. The number of hydrogen-bond acceptors (Lipinski definition) is 4. The first-order chi connectivity index (χ1) is 13.2. The first kappa shape index (κ1) is 18.0. The third-order valence-corrected chi connectivity index (χ3v) is 5.77. The molecule has 3 saturated heterocycles. The van der Waals surface area contributed by atoms with Crippen molar-refractivity contribution in [3.63, 3.8) is 0 Å². The van der Waals surface area contributed by atoms with E-state index in [1.165, 1.54) is 11.8 Å². The number of furan rings is 1. The van der Waals surface area contributed by atoms with Crippen molar-refractivity contribution in [2.75, 3.05) is 26.2 Å². The highest BCUT2D eigenvalue weighted by molar-refractivity contribution is 6.42. The van der Waals surface area contributed by atoms with Gasteiger partial charge in [0.15, 0.2) is 5.76 Å². The van der Waals surface area contributed by atoms with Gasteiger partial charge < -0.3 is 14.2 Å². The highest BCUT2D eigenvalue weighted by Crippen LogP contribution is 2.28. The van der Waals surface area contributed by atoms with Crippen LogP contribution in [-0.4, -0.2) is 53.7 Å². The fourth-order valence-corrected chi connectivity index (χ4v) is 4.41. The number of benzene rings is 1. The molecule has 1 aromatic carbocycles. The fourth-order valence-electron chi connectivity index (χ4n) is 4.41. The van der Waals surface area contributed by atoms with E-state index in [1.54, 1.807) is 17.0 Å². The van der Waals surface area contributed by atoms with Crippen molar-refractivity contribution in [3.05, 3.63) is 60.1 Å². The third-order valence-electron chi connectivity index (χ3n) is 5.77. The summed E-state index contributed by atoms with van der Waals surface area (Å²) in [6.07, 6.45) is 5.74. The summed E-state index contributed by atoms with van der Waals surface area (Å²) in [6, 6.07) is 13.9. The van der Waals surface area contributed by atoms with E-state index < -0.39 is 11.7 Å². The van der Waals surface area contributed by atoms with Gasteiger partial charge in [0.05, 0.1) is 6.26 Å². The van der Waals surface area contributed by atoms with Crippen LogP contribution in [0.15, 0.2) is 53.1 Å². The lowest BCUT2D eigenvalue weighted by atomic mass is 9.94. The number of piperidine rings is 1. The lowest BCUT2D eigenvalue weighted by molar-refractivity contribution is -0.130. The lowest BCUT2D eigenvalue weighted by Gasteiger charge is -2.35. The summed E-state index contributed by atoms with van der Waals surface area (Å²) >= 11 is 0. The fraction of sp³-hybridized carbons (Fsp3) is 0.455. The summed E-state index contributed by atoms with van der Waals surface area (Å²) in [4.78, 5) is 29.4. The number of nitrogens with zero attached hydrogens (tertiary/aromatic N) is 2. The molecule has 0 aliphatic carbocycles. The maximum atomic E-state index is 12.7. The Labute approximate surface area is 159 Å². The van der Waals surface area contributed by atoms with Crippen LogP contribution in [0.3, 0.4) is 0 Å². The van der Waals surface area contributed by atoms with Crippen LogP contribution in [0, 0.1) is 5.92 Å². The van der Waals surface area contributed by atoms with Crippen molar-refractivity contribution in [2.24, 2.45) is 5.92 Å². The Morgan fingerprint density at radius 3 is 2.63 bits per heavy atom. The predicted molar refractivity (Wildman–Crippen MR) is 102 cm³/mol. The molecule has 2 aromatic rings. The summed E-state index contributed by atoms with van der Waals surface area (Å²) in [5, 5.41) is 0. The summed E-state index contributed by atoms with van der Waals surface area (Å²) in [6.45, 7) is 3.60. The van der Waals surface area contributed by atoms with Crippen molar-refractivity contribution in [1.82, 2.24) is 9.80 Å². The van der Waals surface area contributed by atoms with Crippen LogP contribution in [0.5, 0.6) is 0 Å². The van der Waals surface area contributed by atoms with E-state index in [9.17, 15) is 9.59 Å². The first-order valence-electron chi connectivity index (χ1n) is 9.86. The third kappa shape index (κ3) is 4.14. The standard InChI is InChI=1S/C22H26N2O3/c25-21(20-9-5-13-27-20)22(26)24-15-18-10-11-19(24)16-23(14-18)12-4-8-17-6-2-1-3-7-17/h1-3,5-7,9,13,18-19H,4,8,10-12,14-16H2/t18-,19+/m0/s1. The Balaban J connectivity index is 1.35. The van der Waals surface area contributed by atoms with Gasteiger partial charge in [-0.05, 0) is 55.8 Å². The van der Waals surface area contributed by atoms with Gasteiger partial charge in [0, 0.05) is 25.7 Å². The Hall–Kier alpha value is -2.40. The molecule has 0 saturated carbocycles. The minimum Gasteiger partial charge on any atom is -0.461 e. The van der Waals surface area contributed by atoms with E-state index in [-0.39, 0.29) is 11.8 Å². The van der Waals surface area contributed by atoms with E-state index in [0.717, 1.165) is 45.3 Å². The average molecular weight is 366 g/mol. The molecular weight excluding hydrogens is 340 g/mol. The zero-order chi connectivity index (χ0) is 18.6. The van der Waals surface area contributed by atoms with Crippen LogP contribution in [0.1, 0.15) is 35.4 Å². The van der Waals surface area contributed by atoms with Crippen LogP contribution < -0.4 is 0 Å². The quantitative estimate of drug-likeness (QED) is 0.583. The Morgan fingerprint density at radius 1 is 1.00 bits per heavy atom. The summed E-state index contributed by atoms with van der Waals surface area (Å²) in [5.41, 5.74) is 1.37. The molecule has 4 heterocycles. The van der Waals surface area contributed by atoms with Gasteiger partial charge in [0.1, 0.15) is 0 Å². The number of ketones is 1. The van der Waals surface area contributed by atoms with Gasteiger partial charge in [-0.3, -0.25) is 9.59 Å². The largest absolute Gasteiger partial charge is 0.461 e. The molecule has 3 aliphatic rings. The Morgan fingerprint density at radius 2 is 1.85 bits per heavy atom. The maximum absolute atomic E-state index is 12.7. The second kappa shape index (κ2) is 8.09. The summed E-state index contributed by atoms with van der Waals surface area (Å²) < 4.78 is 5.13. The summed E-state index contributed by atoms with van der Waals surface area (Å²) in [5.74, 6) is -0.345. The van der Waals surface area contributed by atoms with Crippen LogP contribution in [0.4, 0.5) is 0 Å². The second-order valence-electron chi connectivity index (χ2n) is 7.71. The van der Waals surface area contributed by atoms with Crippen LogP contribution >= 0.6 is 0 Å². The summed E-state index contributed by atoms with van der Waals surface area (Å²) in [7, 11) is 0. The van der Waals surface area contributed by atoms with Crippen molar-refractivity contribution in [1.29, 1.82) is 0 Å². The van der Waals surface area contributed by atoms with Crippen molar-refractivity contribution >= 4 is 11.7 Å². The molecule has 2 atom stereocenters. The lowest BCUT2D eigenvalue weighted by Crippen LogP contribution is -2.49. The van der Waals surface area contributed by atoms with E-state index in [4.69, 9.17) is 4.42 Å². The monoisotopic (exact) mass is 366 g/mol. The molecule has 3 fully saturated rings. The highest BCUT2D eigenvalue weighted by Gasteiger charge is 2.39. The highest BCUT2D eigenvalue weighted by atomic mass is 16.3. The topological polar surface area (TPSA) is 53.8 Å². The van der Waals surface area contributed by atoms with Gasteiger partial charge in [-0.25, -0.2) is 0 Å². The van der Waals surface area contributed by atoms with Crippen LogP contribution in [0.2, 0.25) is 0 Å². The van der Waals surface area contributed by atoms with Gasteiger partial charge >= 0.3 is 0 Å². The number of amides is 1. The molecule has 0 N–H and O–H groups in total. The zero-order valence-corrected chi connectivity index (χ0v) is 15.5. The normalized spacial score (nSPS) is 22.6. The molecule has 0 radical (unpaired) electrons. The second-order valence-corrected chi connectivity index (χ2v) is 7.71. The molecule has 0 spiro atoms. The number of rotatable bonds is 6. The van der Waals surface area contributed by atoms with Crippen molar-refractivity contribution < 1.29 is 14.0 Å². The van der Waals surface area contributed by atoms with Crippen LogP contribution in [0.25, 0.3) is 0 Å². The molecule has 5 rings (SSSR count). The number of aryl methyl sites for hydroxylation is 1. The molecule has 1 aromatic heterocycles. The van der Waals surface area contributed by atoms with Gasteiger partial charge in [-0.15, -0.1) is 0 Å². The molecule has 0 unspecified atom stereocenters. The van der Waals surface area contributed by atoms with Gasteiger partial charge in [0.25, 0.3) is 11.7 Å². The van der Waals surface area contributed by atoms with E-state index in [0.29, 0.717) is 12.5 Å². The Bertz CT molecular complexity index is 772. The molecule has 2 bridgehead atoms. The van der Waals surface area contributed by atoms with Crippen molar-refractivity contribution in [2.45, 2.75) is 31.7 Å². The number of carbonyl (C=O) groups excluding carboxylic acids is 2. The van der Waals surface area contributed by atoms with E-state index >= 15 is 0 Å². The number of hydrogen-bond donors (Lipinski definition) is 0. The number of Topliss-reactive ketones (excluding diaryl/α,β-unsaturated/α-hetero) is 1.